The summed E-state index contributed by atoms with van der Waals surface area (Å²) in [6.07, 6.45) is 3.29. The SMILES string of the molecule is CSCCC(C)n1c(=S)[nH]c2cc(C)ccc21. The molecule has 1 atom stereocenters. The summed E-state index contributed by atoms with van der Waals surface area (Å²) in [7, 11) is 0. The van der Waals surface area contributed by atoms with Gasteiger partial charge in [-0.15, -0.1) is 0 Å². The van der Waals surface area contributed by atoms with Crippen molar-refractivity contribution in [2.75, 3.05) is 12.0 Å². The first-order valence-electron chi connectivity index (χ1n) is 5.83. The van der Waals surface area contributed by atoms with Crippen LogP contribution in [-0.4, -0.2) is 21.6 Å². The standard InChI is InChI=1S/C13H18N2S2/c1-9-4-5-12-11(8-9)14-13(16)15(12)10(2)6-7-17-3/h4-5,8,10H,6-7H2,1-3H3,(H,14,16). The van der Waals surface area contributed by atoms with Gasteiger partial charge in [0.05, 0.1) is 11.0 Å². The van der Waals surface area contributed by atoms with E-state index in [4.69, 9.17) is 12.2 Å². The van der Waals surface area contributed by atoms with Gasteiger partial charge in [-0.05, 0) is 62.2 Å². The molecule has 1 heterocycles. The Morgan fingerprint density at radius 1 is 1.47 bits per heavy atom. The fraction of sp³-hybridized carbons (Fsp3) is 0.462. The van der Waals surface area contributed by atoms with Gasteiger partial charge in [0.15, 0.2) is 4.77 Å². The smallest absolute Gasteiger partial charge is 0.178 e. The monoisotopic (exact) mass is 266 g/mol. The topological polar surface area (TPSA) is 20.7 Å². The van der Waals surface area contributed by atoms with Gasteiger partial charge in [0.2, 0.25) is 0 Å². The maximum Gasteiger partial charge on any atom is 0.178 e. The van der Waals surface area contributed by atoms with E-state index in [1.54, 1.807) is 0 Å². The lowest BCUT2D eigenvalue weighted by Crippen LogP contribution is -2.06. The third-order valence-electron chi connectivity index (χ3n) is 3.05. The lowest BCUT2D eigenvalue weighted by molar-refractivity contribution is 0.543. The summed E-state index contributed by atoms with van der Waals surface area (Å²) < 4.78 is 3.07. The average molecular weight is 266 g/mol. The zero-order valence-electron chi connectivity index (χ0n) is 10.5. The first kappa shape index (κ1) is 12.7. The molecule has 17 heavy (non-hydrogen) atoms. The Balaban J connectivity index is 2.46. The number of nitrogens with one attached hydrogen (secondary N) is 1. The largest absolute Gasteiger partial charge is 0.331 e. The Kier molecular flexibility index (Phi) is 3.94. The third-order valence-corrected chi connectivity index (χ3v) is 4.00. The molecular formula is C13H18N2S2. The van der Waals surface area contributed by atoms with E-state index in [9.17, 15) is 0 Å². The van der Waals surface area contributed by atoms with Crippen LogP contribution in [0.3, 0.4) is 0 Å². The van der Waals surface area contributed by atoms with Crippen molar-refractivity contribution in [3.8, 4) is 0 Å². The molecule has 0 bridgehead atoms. The molecule has 1 aromatic heterocycles. The molecule has 0 aliphatic carbocycles. The molecule has 92 valence electrons. The number of H-pyrrole nitrogens is 1. The zero-order valence-corrected chi connectivity index (χ0v) is 12.1. The highest BCUT2D eigenvalue weighted by Crippen LogP contribution is 2.22. The van der Waals surface area contributed by atoms with Crippen LogP contribution in [0.1, 0.15) is 24.9 Å². The van der Waals surface area contributed by atoms with Crippen LogP contribution in [0.4, 0.5) is 0 Å². The van der Waals surface area contributed by atoms with Crippen LogP contribution in [-0.2, 0) is 0 Å². The van der Waals surface area contributed by atoms with Crippen LogP contribution >= 0.6 is 24.0 Å². The Labute approximate surface area is 111 Å². The highest BCUT2D eigenvalue weighted by Gasteiger charge is 2.10. The van der Waals surface area contributed by atoms with Crippen molar-refractivity contribution in [1.29, 1.82) is 0 Å². The minimum absolute atomic E-state index is 0.450. The quantitative estimate of drug-likeness (QED) is 0.832. The molecule has 0 amide bonds. The van der Waals surface area contributed by atoms with E-state index < -0.39 is 0 Å². The zero-order chi connectivity index (χ0) is 12.4. The second-order valence-corrected chi connectivity index (χ2v) is 5.82. The van der Waals surface area contributed by atoms with Gasteiger partial charge in [-0.3, -0.25) is 0 Å². The van der Waals surface area contributed by atoms with Crippen molar-refractivity contribution < 1.29 is 0 Å². The summed E-state index contributed by atoms with van der Waals surface area (Å²) in [6, 6.07) is 6.91. The molecule has 2 nitrogen and oxygen atoms in total. The fourth-order valence-electron chi connectivity index (χ4n) is 2.10. The van der Waals surface area contributed by atoms with Crippen LogP contribution in [0, 0.1) is 11.7 Å². The van der Waals surface area contributed by atoms with Gasteiger partial charge in [-0.2, -0.15) is 11.8 Å². The summed E-state index contributed by atoms with van der Waals surface area (Å²) in [5.41, 5.74) is 3.62. The molecule has 0 saturated heterocycles. The van der Waals surface area contributed by atoms with Gasteiger partial charge >= 0.3 is 0 Å². The fourth-order valence-corrected chi connectivity index (χ4v) is 3.07. The molecule has 1 aromatic carbocycles. The van der Waals surface area contributed by atoms with Gasteiger partial charge < -0.3 is 9.55 Å². The molecule has 0 aliphatic rings. The second kappa shape index (κ2) is 5.27. The van der Waals surface area contributed by atoms with E-state index in [-0.39, 0.29) is 0 Å². The van der Waals surface area contributed by atoms with Crippen molar-refractivity contribution in [3.05, 3.63) is 28.5 Å². The van der Waals surface area contributed by atoms with Crippen LogP contribution in [0.15, 0.2) is 18.2 Å². The van der Waals surface area contributed by atoms with E-state index in [0.29, 0.717) is 6.04 Å². The van der Waals surface area contributed by atoms with Crippen molar-refractivity contribution in [2.24, 2.45) is 0 Å². The summed E-state index contributed by atoms with van der Waals surface area (Å²) in [6.45, 7) is 4.34. The second-order valence-electron chi connectivity index (χ2n) is 4.45. The highest BCUT2D eigenvalue weighted by atomic mass is 32.2. The lowest BCUT2D eigenvalue weighted by Gasteiger charge is -2.13. The molecule has 2 aromatic rings. The molecule has 0 fully saturated rings. The molecular weight excluding hydrogens is 248 g/mol. The molecule has 2 rings (SSSR count). The Hall–Kier alpha value is -0.740. The molecule has 0 aliphatic heterocycles. The summed E-state index contributed by atoms with van der Waals surface area (Å²) in [5, 5.41) is 0. The van der Waals surface area contributed by atoms with Gasteiger partial charge in [-0.1, -0.05) is 6.07 Å². The maximum atomic E-state index is 5.42. The number of imidazole rings is 1. The number of benzene rings is 1. The van der Waals surface area contributed by atoms with Crippen molar-refractivity contribution in [1.82, 2.24) is 9.55 Å². The average Bonchev–Trinajstić information content (AvgIpc) is 2.61. The van der Waals surface area contributed by atoms with Crippen LogP contribution in [0.5, 0.6) is 0 Å². The molecule has 1 unspecified atom stereocenters. The lowest BCUT2D eigenvalue weighted by atomic mass is 10.2. The molecule has 1 N–H and O–H groups in total. The Morgan fingerprint density at radius 2 is 2.24 bits per heavy atom. The van der Waals surface area contributed by atoms with Gasteiger partial charge in [0.25, 0.3) is 0 Å². The molecule has 0 radical (unpaired) electrons. The Morgan fingerprint density at radius 3 is 2.94 bits per heavy atom. The third kappa shape index (κ3) is 2.58. The maximum absolute atomic E-state index is 5.42. The van der Waals surface area contributed by atoms with Crippen molar-refractivity contribution in [3.63, 3.8) is 0 Å². The van der Waals surface area contributed by atoms with Crippen LogP contribution < -0.4 is 0 Å². The van der Waals surface area contributed by atoms with Crippen LogP contribution in [0.2, 0.25) is 0 Å². The number of nitrogens with zero attached hydrogens (tertiary/aromatic N) is 1. The molecule has 0 saturated carbocycles. The number of fused-ring (bicyclic) bond motifs is 1. The number of aromatic nitrogens is 2. The predicted molar refractivity (Wildman–Crippen MR) is 79.6 cm³/mol. The van der Waals surface area contributed by atoms with Crippen molar-refractivity contribution in [2.45, 2.75) is 26.3 Å². The van der Waals surface area contributed by atoms with E-state index >= 15 is 0 Å². The number of aryl methyl sites for hydroxylation is 1. The first-order chi connectivity index (χ1) is 8.13. The summed E-state index contributed by atoms with van der Waals surface area (Å²) >= 11 is 7.31. The van der Waals surface area contributed by atoms with Gasteiger partial charge in [-0.25, -0.2) is 0 Å². The number of aromatic amines is 1. The van der Waals surface area contributed by atoms with E-state index in [0.717, 1.165) is 16.7 Å². The normalized spacial score (nSPS) is 13.1. The first-order valence-corrected chi connectivity index (χ1v) is 7.63. The van der Waals surface area contributed by atoms with Gasteiger partial charge in [0.1, 0.15) is 0 Å². The Bertz CT molecular complexity index is 568. The minimum atomic E-state index is 0.450. The summed E-state index contributed by atoms with van der Waals surface area (Å²) in [5.74, 6) is 1.17. The van der Waals surface area contributed by atoms with E-state index in [1.807, 2.05) is 11.8 Å². The number of hydrogen-bond acceptors (Lipinski definition) is 2. The predicted octanol–water partition coefficient (Wildman–Crippen LogP) is 4.32. The van der Waals surface area contributed by atoms with Gasteiger partial charge in [0, 0.05) is 6.04 Å². The molecule has 0 spiro atoms. The van der Waals surface area contributed by atoms with Crippen LogP contribution in [0.25, 0.3) is 11.0 Å². The van der Waals surface area contributed by atoms with E-state index in [2.05, 4.69) is 47.9 Å². The number of thioether (sulfide) groups is 1. The molecule has 4 heteroatoms. The van der Waals surface area contributed by atoms with E-state index in [1.165, 1.54) is 16.8 Å². The number of rotatable bonds is 4. The van der Waals surface area contributed by atoms with Crippen molar-refractivity contribution >= 4 is 35.0 Å². The number of hydrogen-bond donors (Lipinski definition) is 1. The minimum Gasteiger partial charge on any atom is -0.331 e. The summed E-state index contributed by atoms with van der Waals surface area (Å²) in [4.78, 5) is 3.30. The highest BCUT2D eigenvalue weighted by molar-refractivity contribution is 7.98.